The van der Waals surface area contributed by atoms with Gasteiger partial charge in [-0.25, -0.2) is 9.59 Å². The average molecular weight is 286 g/mol. The second-order valence-corrected chi connectivity index (χ2v) is 4.69. The predicted octanol–water partition coefficient (Wildman–Crippen LogP) is 3.40. The molecule has 0 fully saturated rings. The summed E-state index contributed by atoms with van der Waals surface area (Å²) in [4.78, 5) is 23.9. The van der Waals surface area contributed by atoms with Crippen LogP contribution in [-0.2, 0) is 14.3 Å². The van der Waals surface area contributed by atoms with Crippen molar-refractivity contribution in [2.45, 2.75) is 26.2 Å². The highest BCUT2D eigenvalue weighted by Gasteiger charge is 2.22. The summed E-state index contributed by atoms with van der Waals surface area (Å²) in [5.41, 5.74) is 0.847. The molecule has 4 nitrogen and oxygen atoms in total. The van der Waals surface area contributed by atoms with Gasteiger partial charge in [-0.2, -0.15) is 0 Å². The first kappa shape index (κ1) is 15.0. The number of hydrogen-bond acceptors (Lipinski definition) is 4. The van der Waals surface area contributed by atoms with E-state index in [0.29, 0.717) is 24.2 Å². The molecule has 110 valence electrons. The minimum atomic E-state index is -0.476. The third-order valence-corrected chi connectivity index (χ3v) is 3.08. The largest absolute Gasteiger partial charge is 0.462 e. The van der Waals surface area contributed by atoms with E-state index in [9.17, 15) is 9.59 Å². The fraction of sp³-hybridized carbons (Fsp3) is 0.294. The molecule has 0 heterocycles. The van der Waals surface area contributed by atoms with Gasteiger partial charge in [0.15, 0.2) is 0 Å². The summed E-state index contributed by atoms with van der Waals surface area (Å²) >= 11 is 0. The quantitative estimate of drug-likeness (QED) is 0.594. The summed E-state index contributed by atoms with van der Waals surface area (Å²) in [6.07, 6.45) is 5.63. The summed E-state index contributed by atoms with van der Waals surface area (Å²) in [5.74, 6) is -0.606. The number of ether oxygens (including phenoxy) is 2. The summed E-state index contributed by atoms with van der Waals surface area (Å²) in [5, 5.41) is 0. The van der Waals surface area contributed by atoms with Crippen molar-refractivity contribution in [3.05, 3.63) is 59.4 Å². The molecule has 0 spiro atoms. The van der Waals surface area contributed by atoms with E-state index in [4.69, 9.17) is 9.47 Å². The first-order chi connectivity index (χ1) is 10.2. The third kappa shape index (κ3) is 4.05. The minimum absolute atomic E-state index is 0.283. The van der Waals surface area contributed by atoms with E-state index in [1.54, 1.807) is 36.4 Å². The maximum Gasteiger partial charge on any atom is 0.343 e. The Kier molecular flexibility index (Phi) is 5.32. The molecule has 0 N–H and O–H groups in total. The monoisotopic (exact) mass is 286 g/mol. The van der Waals surface area contributed by atoms with Gasteiger partial charge in [0.1, 0.15) is 5.76 Å². The van der Waals surface area contributed by atoms with Crippen LogP contribution < -0.4 is 0 Å². The lowest BCUT2D eigenvalue weighted by Crippen LogP contribution is -2.12. The minimum Gasteiger partial charge on any atom is -0.462 e. The number of unbranched alkanes of at least 4 members (excludes halogenated alkanes) is 1. The molecule has 1 aliphatic rings. The lowest BCUT2D eigenvalue weighted by molar-refractivity contribution is -0.139. The predicted molar refractivity (Wildman–Crippen MR) is 78.5 cm³/mol. The molecule has 0 radical (unpaired) electrons. The Bertz CT molecular complexity index is 570. The van der Waals surface area contributed by atoms with Crippen LogP contribution in [0.1, 0.15) is 36.5 Å². The van der Waals surface area contributed by atoms with E-state index < -0.39 is 11.9 Å². The molecule has 0 aromatic heterocycles. The first-order valence-corrected chi connectivity index (χ1v) is 7.06. The van der Waals surface area contributed by atoms with Crippen molar-refractivity contribution in [3.63, 3.8) is 0 Å². The molecule has 1 aliphatic carbocycles. The summed E-state index contributed by atoms with van der Waals surface area (Å²) in [6.45, 7) is 2.41. The summed E-state index contributed by atoms with van der Waals surface area (Å²) in [6, 6.07) is 8.68. The van der Waals surface area contributed by atoms with E-state index in [1.165, 1.54) is 0 Å². The maximum atomic E-state index is 12.0. The molecule has 2 rings (SSSR count). The van der Waals surface area contributed by atoms with Gasteiger partial charge in [0, 0.05) is 6.42 Å². The second-order valence-electron chi connectivity index (χ2n) is 4.69. The number of rotatable bonds is 6. The van der Waals surface area contributed by atoms with Crippen molar-refractivity contribution < 1.29 is 19.1 Å². The van der Waals surface area contributed by atoms with Gasteiger partial charge in [0.2, 0.25) is 0 Å². The fourth-order valence-electron chi connectivity index (χ4n) is 1.89. The van der Waals surface area contributed by atoms with Crippen LogP contribution >= 0.6 is 0 Å². The Labute approximate surface area is 124 Å². The normalized spacial score (nSPS) is 13.4. The third-order valence-electron chi connectivity index (χ3n) is 3.08. The van der Waals surface area contributed by atoms with E-state index in [0.717, 1.165) is 12.8 Å². The van der Waals surface area contributed by atoms with Gasteiger partial charge in [-0.15, -0.1) is 0 Å². The molecular formula is C17H18O4. The van der Waals surface area contributed by atoms with Crippen molar-refractivity contribution >= 4 is 11.9 Å². The molecule has 1 aromatic carbocycles. The number of allylic oxidation sites excluding steroid dienone is 2. The fourth-order valence-corrected chi connectivity index (χ4v) is 1.89. The van der Waals surface area contributed by atoms with Gasteiger partial charge in [0.25, 0.3) is 0 Å². The number of carbonyl (C=O) groups excluding carboxylic acids is 2. The van der Waals surface area contributed by atoms with Gasteiger partial charge in [-0.05, 0) is 24.6 Å². The van der Waals surface area contributed by atoms with Crippen LogP contribution in [0.15, 0.2) is 53.8 Å². The zero-order valence-corrected chi connectivity index (χ0v) is 12.0. The van der Waals surface area contributed by atoms with Crippen molar-refractivity contribution in [2.75, 3.05) is 6.61 Å². The molecule has 1 aromatic rings. The standard InChI is InChI=1S/C17H18O4/c1-2-3-12-20-17(19)14-10-7-11-15(14)21-16(18)13-8-5-4-6-9-13/h4-9,11H,2-3,10,12H2,1H3. The average Bonchev–Trinajstić information content (AvgIpc) is 2.96. The van der Waals surface area contributed by atoms with Gasteiger partial charge < -0.3 is 9.47 Å². The van der Waals surface area contributed by atoms with Crippen LogP contribution in [0.3, 0.4) is 0 Å². The van der Waals surface area contributed by atoms with Crippen molar-refractivity contribution in [1.82, 2.24) is 0 Å². The van der Waals surface area contributed by atoms with Crippen LogP contribution in [0.2, 0.25) is 0 Å². The number of hydrogen-bond donors (Lipinski definition) is 0. The van der Waals surface area contributed by atoms with Crippen LogP contribution in [0.4, 0.5) is 0 Å². The highest BCUT2D eigenvalue weighted by atomic mass is 16.5. The lowest BCUT2D eigenvalue weighted by Gasteiger charge is -2.08. The SMILES string of the molecule is CCCCOC(=O)C1=C(OC(=O)c2ccccc2)C=CC1. The van der Waals surface area contributed by atoms with E-state index in [-0.39, 0.29) is 5.76 Å². The molecule has 0 saturated heterocycles. The molecular weight excluding hydrogens is 268 g/mol. The van der Waals surface area contributed by atoms with Gasteiger partial charge >= 0.3 is 11.9 Å². The lowest BCUT2D eigenvalue weighted by atomic mass is 10.2. The smallest absolute Gasteiger partial charge is 0.343 e. The van der Waals surface area contributed by atoms with E-state index in [2.05, 4.69) is 0 Å². The maximum absolute atomic E-state index is 12.0. The molecule has 21 heavy (non-hydrogen) atoms. The van der Waals surface area contributed by atoms with Gasteiger partial charge in [-0.3, -0.25) is 0 Å². The number of benzene rings is 1. The van der Waals surface area contributed by atoms with Crippen LogP contribution in [0.5, 0.6) is 0 Å². The molecule has 0 aliphatic heterocycles. The van der Waals surface area contributed by atoms with E-state index >= 15 is 0 Å². The molecule has 0 amide bonds. The number of esters is 2. The Morgan fingerprint density at radius 3 is 2.62 bits per heavy atom. The Balaban J connectivity index is 2.02. The van der Waals surface area contributed by atoms with Crippen LogP contribution in [-0.4, -0.2) is 18.5 Å². The zero-order chi connectivity index (χ0) is 15.1. The molecule has 0 bridgehead atoms. The Morgan fingerprint density at radius 1 is 1.14 bits per heavy atom. The highest BCUT2D eigenvalue weighted by molar-refractivity contribution is 5.94. The first-order valence-electron chi connectivity index (χ1n) is 7.06. The molecule has 0 saturated carbocycles. The molecule has 0 unspecified atom stereocenters. The Hall–Kier alpha value is -2.36. The molecule has 4 heteroatoms. The topological polar surface area (TPSA) is 52.6 Å². The highest BCUT2D eigenvalue weighted by Crippen LogP contribution is 2.22. The van der Waals surface area contributed by atoms with Crippen molar-refractivity contribution in [2.24, 2.45) is 0 Å². The van der Waals surface area contributed by atoms with Crippen molar-refractivity contribution in [3.8, 4) is 0 Å². The van der Waals surface area contributed by atoms with Crippen molar-refractivity contribution in [1.29, 1.82) is 0 Å². The number of carbonyl (C=O) groups is 2. The second kappa shape index (κ2) is 7.43. The van der Waals surface area contributed by atoms with Gasteiger partial charge in [0.05, 0.1) is 17.7 Å². The summed E-state index contributed by atoms with van der Waals surface area (Å²) in [7, 11) is 0. The van der Waals surface area contributed by atoms with Gasteiger partial charge in [-0.1, -0.05) is 37.6 Å². The molecule has 0 atom stereocenters. The summed E-state index contributed by atoms with van der Waals surface area (Å²) < 4.78 is 10.4. The van der Waals surface area contributed by atoms with Crippen LogP contribution in [0, 0.1) is 0 Å². The van der Waals surface area contributed by atoms with Crippen LogP contribution in [0.25, 0.3) is 0 Å². The zero-order valence-electron chi connectivity index (χ0n) is 12.0. The Morgan fingerprint density at radius 2 is 1.90 bits per heavy atom. The van der Waals surface area contributed by atoms with E-state index in [1.807, 2.05) is 13.0 Å².